The molecule has 6 nitrogen and oxygen atoms in total. The molecule has 0 aromatic carbocycles. The van der Waals surface area contributed by atoms with E-state index in [1.54, 1.807) is 18.3 Å². The zero-order valence-electron chi connectivity index (χ0n) is 12.6. The van der Waals surface area contributed by atoms with Gasteiger partial charge in [-0.1, -0.05) is 6.08 Å². The van der Waals surface area contributed by atoms with Gasteiger partial charge in [-0.25, -0.2) is 4.98 Å². The molecular weight excluding hydrogens is 282 g/mol. The van der Waals surface area contributed by atoms with Gasteiger partial charge in [0, 0.05) is 32.3 Å². The molecular formula is C16H21N3O3. The quantitative estimate of drug-likeness (QED) is 0.841. The van der Waals surface area contributed by atoms with E-state index in [1.165, 1.54) is 0 Å². The van der Waals surface area contributed by atoms with Gasteiger partial charge in [0.05, 0.1) is 25.3 Å². The van der Waals surface area contributed by atoms with Crippen molar-refractivity contribution in [1.29, 1.82) is 0 Å². The number of carbonyl (C=O) groups is 1. The van der Waals surface area contributed by atoms with E-state index in [2.05, 4.69) is 21.8 Å². The first-order chi connectivity index (χ1) is 10.7. The third kappa shape index (κ3) is 3.13. The van der Waals surface area contributed by atoms with E-state index in [9.17, 15) is 4.79 Å². The highest BCUT2D eigenvalue weighted by molar-refractivity contribution is 5.94. The molecule has 1 spiro atoms. The molecule has 2 saturated heterocycles. The van der Waals surface area contributed by atoms with E-state index >= 15 is 0 Å². The number of pyridine rings is 1. The maximum atomic E-state index is 11.8. The van der Waals surface area contributed by atoms with Crippen LogP contribution in [0.3, 0.4) is 0 Å². The Morgan fingerprint density at radius 1 is 1.50 bits per heavy atom. The Morgan fingerprint density at radius 3 is 3.09 bits per heavy atom. The van der Waals surface area contributed by atoms with Gasteiger partial charge in [0.25, 0.3) is 5.91 Å². The Labute approximate surface area is 130 Å². The van der Waals surface area contributed by atoms with Gasteiger partial charge in [-0.05, 0) is 12.1 Å². The van der Waals surface area contributed by atoms with Crippen LogP contribution in [0.1, 0.15) is 16.8 Å². The van der Waals surface area contributed by atoms with Gasteiger partial charge < -0.3 is 19.7 Å². The number of hydrogen-bond acceptors (Lipinski definition) is 5. The Hall–Kier alpha value is -1.92. The van der Waals surface area contributed by atoms with E-state index in [0.29, 0.717) is 25.3 Å². The highest BCUT2D eigenvalue weighted by Crippen LogP contribution is 2.29. The molecule has 1 aromatic rings. The molecule has 0 bridgehead atoms. The molecule has 1 aromatic heterocycles. The largest absolute Gasteiger partial charge is 0.378 e. The number of nitrogens with one attached hydrogen (secondary N) is 1. The van der Waals surface area contributed by atoms with E-state index in [0.717, 1.165) is 31.9 Å². The molecule has 2 aliphatic heterocycles. The van der Waals surface area contributed by atoms with Crippen LogP contribution in [-0.2, 0) is 9.47 Å². The first-order valence-corrected chi connectivity index (χ1v) is 7.54. The van der Waals surface area contributed by atoms with Crippen LogP contribution >= 0.6 is 0 Å². The van der Waals surface area contributed by atoms with Crippen molar-refractivity contribution in [3.8, 4) is 0 Å². The van der Waals surface area contributed by atoms with Crippen molar-refractivity contribution in [2.45, 2.75) is 12.0 Å². The number of carbonyl (C=O) groups excluding carboxylic acids is 1. The fourth-order valence-electron chi connectivity index (χ4n) is 2.84. The van der Waals surface area contributed by atoms with Crippen molar-refractivity contribution in [2.24, 2.45) is 0 Å². The maximum Gasteiger partial charge on any atom is 0.253 e. The summed E-state index contributed by atoms with van der Waals surface area (Å²) in [6, 6.07) is 3.69. The standard InChI is InChI=1S/C16H21N3O3/c1-2-6-17-15(20)13-3-4-14(18-10-13)19-7-9-22-16(11-19)5-8-21-12-16/h2-4,10H,1,5-9,11-12H2,(H,17,20). The van der Waals surface area contributed by atoms with Crippen LogP contribution in [0.5, 0.6) is 0 Å². The van der Waals surface area contributed by atoms with Crippen LogP contribution in [0.4, 0.5) is 5.82 Å². The zero-order valence-corrected chi connectivity index (χ0v) is 12.6. The fraction of sp³-hybridized carbons (Fsp3) is 0.500. The average molecular weight is 303 g/mol. The van der Waals surface area contributed by atoms with E-state index in [1.807, 2.05) is 6.07 Å². The lowest BCUT2D eigenvalue weighted by Crippen LogP contribution is -2.52. The van der Waals surface area contributed by atoms with Crippen molar-refractivity contribution in [1.82, 2.24) is 10.3 Å². The number of morpholine rings is 1. The molecule has 1 amide bonds. The van der Waals surface area contributed by atoms with Gasteiger partial charge in [-0.15, -0.1) is 6.58 Å². The lowest BCUT2D eigenvalue weighted by atomic mass is 10.0. The molecule has 1 atom stereocenters. The molecule has 0 aliphatic carbocycles. The summed E-state index contributed by atoms with van der Waals surface area (Å²) in [5.41, 5.74) is 0.359. The summed E-state index contributed by atoms with van der Waals surface area (Å²) in [5, 5.41) is 2.74. The molecule has 0 saturated carbocycles. The number of nitrogens with zero attached hydrogens (tertiary/aromatic N) is 2. The van der Waals surface area contributed by atoms with E-state index in [-0.39, 0.29) is 11.5 Å². The van der Waals surface area contributed by atoms with Gasteiger partial charge in [-0.3, -0.25) is 4.79 Å². The average Bonchev–Trinajstić information content (AvgIpc) is 3.00. The minimum atomic E-state index is -0.195. The van der Waals surface area contributed by atoms with Crippen molar-refractivity contribution in [3.05, 3.63) is 36.5 Å². The van der Waals surface area contributed by atoms with Gasteiger partial charge >= 0.3 is 0 Å². The summed E-state index contributed by atoms with van der Waals surface area (Å²) in [5.74, 6) is 0.733. The monoisotopic (exact) mass is 303 g/mol. The highest BCUT2D eigenvalue weighted by atomic mass is 16.6. The first kappa shape index (κ1) is 15.0. The van der Waals surface area contributed by atoms with Gasteiger partial charge in [0.2, 0.25) is 0 Å². The summed E-state index contributed by atoms with van der Waals surface area (Å²) in [7, 11) is 0. The van der Waals surface area contributed by atoms with E-state index in [4.69, 9.17) is 9.47 Å². The van der Waals surface area contributed by atoms with Crippen LogP contribution in [-0.4, -0.2) is 55.9 Å². The minimum absolute atomic E-state index is 0.137. The predicted octanol–water partition coefficient (Wildman–Crippen LogP) is 0.993. The number of anilines is 1. The Bertz CT molecular complexity index is 538. The van der Waals surface area contributed by atoms with Crippen molar-refractivity contribution < 1.29 is 14.3 Å². The van der Waals surface area contributed by atoms with E-state index < -0.39 is 0 Å². The summed E-state index contributed by atoms with van der Waals surface area (Å²) in [4.78, 5) is 18.5. The van der Waals surface area contributed by atoms with Crippen LogP contribution < -0.4 is 10.2 Å². The minimum Gasteiger partial charge on any atom is -0.378 e. The third-order valence-electron chi connectivity index (χ3n) is 4.06. The molecule has 22 heavy (non-hydrogen) atoms. The van der Waals surface area contributed by atoms with Gasteiger partial charge in [0.1, 0.15) is 11.4 Å². The summed E-state index contributed by atoms with van der Waals surface area (Å²) in [6.45, 7) is 7.68. The molecule has 3 heterocycles. The fourth-order valence-corrected chi connectivity index (χ4v) is 2.84. The molecule has 1 N–H and O–H groups in total. The number of hydrogen-bond donors (Lipinski definition) is 1. The van der Waals surface area contributed by atoms with Gasteiger partial charge in [-0.2, -0.15) is 0 Å². The Morgan fingerprint density at radius 2 is 2.41 bits per heavy atom. The summed E-state index contributed by atoms with van der Waals surface area (Å²) in [6.07, 6.45) is 4.18. The summed E-state index contributed by atoms with van der Waals surface area (Å²) >= 11 is 0. The molecule has 1 unspecified atom stereocenters. The first-order valence-electron chi connectivity index (χ1n) is 7.54. The second-order valence-corrected chi connectivity index (χ2v) is 5.66. The van der Waals surface area contributed by atoms with Crippen LogP contribution in [0.25, 0.3) is 0 Å². The number of aromatic nitrogens is 1. The molecule has 118 valence electrons. The van der Waals surface area contributed by atoms with Crippen LogP contribution in [0.2, 0.25) is 0 Å². The second-order valence-electron chi connectivity index (χ2n) is 5.66. The SMILES string of the molecule is C=CCNC(=O)c1ccc(N2CCOC3(CCOC3)C2)nc1. The normalized spacial score (nSPS) is 24.5. The van der Waals surface area contributed by atoms with Crippen LogP contribution in [0, 0.1) is 0 Å². The lowest BCUT2D eigenvalue weighted by molar-refractivity contribution is -0.0581. The molecule has 3 rings (SSSR count). The molecule has 6 heteroatoms. The number of rotatable bonds is 4. The third-order valence-corrected chi connectivity index (χ3v) is 4.06. The number of ether oxygens (including phenoxy) is 2. The maximum absolute atomic E-state index is 11.8. The van der Waals surface area contributed by atoms with Crippen LogP contribution in [0.15, 0.2) is 31.0 Å². The lowest BCUT2D eigenvalue weighted by Gasteiger charge is -2.40. The summed E-state index contributed by atoms with van der Waals surface area (Å²) < 4.78 is 11.4. The molecule has 2 fully saturated rings. The smallest absolute Gasteiger partial charge is 0.253 e. The molecule has 2 aliphatic rings. The van der Waals surface area contributed by atoms with Crippen molar-refractivity contribution >= 4 is 11.7 Å². The van der Waals surface area contributed by atoms with Crippen molar-refractivity contribution in [2.75, 3.05) is 44.4 Å². The molecule has 0 radical (unpaired) electrons. The topological polar surface area (TPSA) is 63.7 Å². The second kappa shape index (κ2) is 6.46. The predicted molar refractivity (Wildman–Crippen MR) is 83.1 cm³/mol. The zero-order chi connectivity index (χ0) is 15.4. The Balaban J connectivity index is 1.67. The van der Waals surface area contributed by atoms with Gasteiger partial charge in [0.15, 0.2) is 0 Å². The Kier molecular flexibility index (Phi) is 4.40. The number of amides is 1. The highest BCUT2D eigenvalue weighted by Gasteiger charge is 2.40. The van der Waals surface area contributed by atoms with Crippen molar-refractivity contribution in [3.63, 3.8) is 0 Å².